The molecule has 1 nitrogen and oxygen atoms in total. The number of hydrogen-bond acceptors (Lipinski definition) is 3. The van der Waals surface area contributed by atoms with Gasteiger partial charge in [-0.15, -0.1) is 22.7 Å². The van der Waals surface area contributed by atoms with Crippen LogP contribution in [0.25, 0.3) is 0 Å². The van der Waals surface area contributed by atoms with E-state index < -0.39 is 0 Å². The van der Waals surface area contributed by atoms with Crippen molar-refractivity contribution in [1.82, 2.24) is 5.32 Å². The molecule has 1 atom stereocenters. The fraction of sp³-hybridized carbons (Fsp3) is 0.273. The topological polar surface area (TPSA) is 12.0 Å². The summed E-state index contributed by atoms with van der Waals surface area (Å²) in [5.74, 6) is 0. The van der Waals surface area contributed by atoms with Crippen LogP contribution in [0, 0.1) is 0 Å². The Kier molecular flexibility index (Phi) is 3.97. The Morgan fingerprint density at radius 1 is 1.33 bits per heavy atom. The molecule has 0 aliphatic rings. The summed E-state index contributed by atoms with van der Waals surface area (Å²) >= 11 is 7.12. The molecule has 2 aromatic rings. The largest absolute Gasteiger partial charge is 0.305 e. The van der Waals surface area contributed by atoms with Gasteiger partial charge in [-0.2, -0.15) is 0 Å². The average molecular weight is 302 g/mol. The molecule has 15 heavy (non-hydrogen) atoms. The molecule has 2 aromatic heterocycles. The lowest BCUT2D eigenvalue weighted by atomic mass is 10.3. The zero-order valence-electron chi connectivity index (χ0n) is 8.37. The maximum Gasteiger partial charge on any atom is 0.0389 e. The van der Waals surface area contributed by atoms with E-state index in [-0.39, 0.29) is 0 Å². The quantitative estimate of drug-likeness (QED) is 0.881. The Balaban J connectivity index is 1.91. The van der Waals surface area contributed by atoms with E-state index >= 15 is 0 Å². The molecule has 0 spiro atoms. The van der Waals surface area contributed by atoms with E-state index in [0.29, 0.717) is 6.04 Å². The Morgan fingerprint density at radius 2 is 2.20 bits per heavy atom. The van der Waals surface area contributed by atoms with Crippen LogP contribution in [0.15, 0.2) is 33.4 Å². The van der Waals surface area contributed by atoms with Gasteiger partial charge in [-0.1, -0.05) is 6.07 Å². The second kappa shape index (κ2) is 5.25. The van der Waals surface area contributed by atoms with Gasteiger partial charge in [-0.25, -0.2) is 0 Å². The minimum atomic E-state index is 0.430. The van der Waals surface area contributed by atoms with E-state index in [1.165, 1.54) is 14.2 Å². The van der Waals surface area contributed by atoms with Crippen LogP contribution in [0.3, 0.4) is 0 Å². The average Bonchev–Trinajstić information content (AvgIpc) is 2.85. The highest BCUT2D eigenvalue weighted by Crippen LogP contribution is 2.24. The smallest absolute Gasteiger partial charge is 0.0389 e. The molecule has 0 saturated heterocycles. The van der Waals surface area contributed by atoms with Crippen molar-refractivity contribution in [3.63, 3.8) is 0 Å². The number of nitrogens with one attached hydrogen (secondary N) is 1. The van der Waals surface area contributed by atoms with Gasteiger partial charge in [-0.3, -0.25) is 0 Å². The Hall–Kier alpha value is -0.160. The summed E-state index contributed by atoms with van der Waals surface area (Å²) in [6.07, 6.45) is 0. The van der Waals surface area contributed by atoms with Gasteiger partial charge in [-0.05, 0) is 45.7 Å². The van der Waals surface area contributed by atoms with Crippen LogP contribution in [0.2, 0.25) is 0 Å². The number of thiophene rings is 2. The zero-order valence-corrected chi connectivity index (χ0v) is 11.6. The molecule has 0 radical (unpaired) electrons. The molecule has 0 aliphatic carbocycles. The summed E-state index contributed by atoms with van der Waals surface area (Å²) in [5.41, 5.74) is 0. The lowest BCUT2D eigenvalue weighted by Crippen LogP contribution is -2.16. The molecule has 1 N–H and O–H groups in total. The second-order valence-electron chi connectivity index (χ2n) is 3.31. The minimum Gasteiger partial charge on any atom is -0.305 e. The molecule has 4 heteroatoms. The van der Waals surface area contributed by atoms with E-state index in [1.807, 2.05) is 0 Å². The first kappa shape index (κ1) is 11.3. The fourth-order valence-electron chi connectivity index (χ4n) is 1.34. The van der Waals surface area contributed by atoms with Crippen LogP contribution in [0.4, 0.5) is 0 Å². The lowest BCUT2D eigenvalue weighted by molar-refractivity contribution is 0.586. The fourth-order valence-corrected chi connectivity index (χ4v) is 3.54. The van der Waals surface area contributed by atoms with Gasteiger partial charge < -0.3 is 5.32 Å². The van der Waals surface area contributed by atoms with Gasteiger partial charge in [0.25, 0.3) is 0 Å². The summed E-state index contributed by atoms with van der Waals surface area (Å²) in [5, 5.41) is 7.75. The van der Waals surface area contributed by atoms with Crippen LogP contribution in [-0.4, -0.2) is 0 Å². The van der Waals surface area contributed by atoms with Crippen LogP contribution >= 0.6 is 38.6 Å². The summed E-state index contributed by atoms with van der Waals surface area (Å²) < 4.78 is 1.21. The molecule has 0 aromatic carbocycles. The van der Waals surface area contributed by atoms with Crippen LogP contribution < -0.4 is 5.32 Å². The standard InChI is InChI=1S/C11H12BrNS2/c1-8(10-3-2-5-14-10)13-7-11-9(12)4-6-15-11/h2-6,8,13H,7H2,1H3/t8-/m1/s1. The van der Waals surface area contributed by atoms with E-state index in [4.69, 9.17) is 0 Å². The van der Waals surface area contributed by atoms with Gasteiger partial charge in [0.15, 0.2) is 0 Å². The Morgan fingerprint density at radius 3 is 2.80 bits per heavy atom. The maximum atomic E-state index is 3.54. The molecular weight excluding hydrogens is 290 g/mol. The van der Waals surface area contributed by atoms with Gasteiger partial charge in [0.1, 0.15) is 0 Å². The van der Waals surface area contributed by atoms with Crippen molar-refractivity contribution in [2.75, 3.05) is 0 Å². The van der Waals surface area contributed by atoms with Gasteiger partial charge in [0.2, 0.25) is 0 Å². The highest BCUT2D eigenvalue weighted by atomic mass is 79.9. The van der Waals surface area contributed by atoms with Gasteiger partial charge >= 0.3 is 0 Å². The van der Waals surface area contributed by atoms with Gasteiger partial charge in [0, 0.05) is 26.8 Å². The third kappa shape index (κ3) is 2.91. The zero-order chi connectivity index (χ0) is 10.7. The van der Waals surface area contributed by atoms with Crippen LogP contribution in [0.1, 0.15) is 22.7 Å². The van der Waals surface area contributed by atoms with Crippen molar-refractivity contribution < 1.29 is 0 Å². The van der Waals surface area contributed by atoms with Crippen molar-refractivity contribution in [1.29, 1.82) is 0 Å². The molecule has 2 rings (SSSR count). The van der Waals surface area contributed by atoms with Crippen LogP contribution in [-0.2, 0) is 6.54 Å². The summed E-state index contributed by atoms with van der Waals surface area (Å²) in [6, 6.07) is 6.79. The predicted molar refractivity (Wildman–Crippen MR) is 71.6 cm³/mol. The summed E-state index contributed by atoms with van der Waals surface area (Å²) in [7, 11) is 0. The van der Waals surface area contributed by atoms with Crippen molar-refractivity contribution in [2.24, 2.45) is 0 Å². The van der Waals surface area contributed by atoms with Crippen LogP contribution in [0.5, 0.6) is 0 Å². The summed E-state index contributed by atoms with van der Waals surface area (Å²) in [4.78, 5) is 2.75. The van der Waals surface area contributed by atoms with E-state index in [0.717, 1.165) is 6.54 Å². The third-order valence-electron chi connectivity index (χ3n) is 2.23. The molecular formula is C11H12BrNS2. The first-order chi connectivity index (χ1) is 7.27. The molecule has 0 fully saturated rings. The molecule has 0 bridgehead atoms. The van der Waals surface area contributed by atoms with Gasteiger partial charge in [0.05, 0.1) is 0 Å². The molecule has 0 unspecified atom stereocenters. The highest BCUT2D eigenvalue weighted by molar-refractivity contribution is 9.10. The SMILES string of the molecule is C[C@@H](NCc1sccc1Br)c1cccs1. The third-order valence-corrected chi connectivity index (χ3v) is 5.21. The molecule has 0 aliphatic heterocycles. The van der Waals surface area contributed by atoms with Crippen molar-refractivity contribution in [2.45, 2.75) is 19.5 Å². The predicted octanol–water partition coefficient (Wildman–Crippen LogP) is 4.42. The Labute approximate surface area is 106 Å². The van der Waals surface area contributed by atoms with Crippen molar-refractivity contribution >= 4 is 38.6 Å². The number of rotatable bonds is 4. The van der Waals surface area contributed by atoms with E-state index in [2.05, 4.69) is 57.1 Å². The lowest BCUT2D eigenvalue weighted by Gasteiger charge is -2.11. The number of halogens is 1. The number of hydrogen-bond donors (Lipinski definition) is 1. The first-order valence-electron chi connectivity index (χ1n) is 4.76. The second-order valence-corrected chi connectivity index (χ2v) is 6.14. The normalized spacial score (nSPS) is 12.9. The monoisotopic (exact) mass is 301 g/mol. The van der Waals surface area contributed by atoms with E-state index in [9.17, 15) is 0 Å². The molecule has 0 saturated carbocycles. The van der Waals surface area contributed by atoms with E-state index in [1.54, 1.807) is 22.7 Å². The first-order valence-corrected chi connectivity index (χ1v) is 7.31. The highest BCUT2D eigenvalue weighted by Gasteiger charge is 2.07. The molecule has 2 heterocycles. The summed E-state index contributed by atoms with van der Waals surface area (Å²) in [6.45, 7) is 3.13. The molecule has 80 valence electrons. The minimum absolute atomic E-state index is 0.430. The maximum absolute atomic E-state index is 3.54. The van der Waals surface area contributed by atoms with Crippen molar-refractivity contribution in [3.05, 3.63) is 43.2 Å². The van der Waals surface area contributed by atoms with Crippen molar-refractivity contribution in [3.8, 4) is 0 Å². The Bertz CT molecular complexity index is 408. The molecule has 0 amide bonds.